The van der Waals surface area contributed by atoms with Crippen LogP contribution in [0.15, 0.2) is 17.0 Å². The fraction of sp³-hybridized carbons (Fsp3) is 0.600. The Hall–Kier alpha value is -1.11. The first-order valence-corrected chi connectivity index (χ1v) is 8.97. The van der Waals surface area contributed by atoms with Crippen LogP contribution < -0.4 is 10.5 Å². The highest BCUT2D eigenvalue weighted by Gasteiger charge is 2.37. The monoisotopic (exact) mass is 309 g/mol. The lowest BCUT2D eigenvalue weighted by molar-refractivity contribution is 0.0827. The second kappa shape index (κ2) is 5.26. The number of fused-ring (bicyclic) bond motifs is 3. The third kappa shape index (κ3) is 2.67. The van der Waals surface area contributed by atoms with Gasteiger partial charge < -0.3 is 10.6 Å². The molecule has 3 saturated heterocycles. The van der Waals surface area contributed by atoms with Gasteiger partial charge in [0.2, 0.25) is 10.0 Å². The second-order valence-corrected chi connectivity index (χ2v) is 7.96. The van der Waals surface area contributed by atoms with Crippen molar-refractivity contribution < 1.29 is 8.42 Å². The molecule has 5 nitrogen and oxygen atoms in total. The summed E-state index contributed by atoms with van der Waals surface area (Å²) in [5.74, 6) is 0.455. The normalized spacial score (nSPS) is 28.8. The Labute approximate surface area is 126 Å². The number of nitrogen functional groups attached to an aromatic ring is 1. The SMILES string of the molecule is Cc1ccc(C)c(S(=O)(=O)NC2CN3CCC2CC3)c1N. The lowest BCUT2D eigenvalue weighted by atomic mass is 9.85. The van der Waals surface area contributed by atoms with Crippen LogP contribution in [0.1, 0.15) is 24.0 Å². The fourth-order valence-corrected chi connectivity index (χ4v) is 5.25. The van der Waals surface area contributed by atoms with Gasteiger partial charge in [-0.15, -0.1) is 0 Å². The number of nitrogens with one attached hydrogen (secondary N) is 1. The number of sulfonamides is 1. The standard InChI is InChI=1S/C15H23N3O2S/c1-10-3-4-11(2)15(14(10)16)21(19,20)17-13-9-18-7-5-12(13)6-8-18/h3-4,12-13,17H,5-9,16H2,1-2H3. The molecule has 0 aliphatic carbocycles. The molecule has 4 rings (SSSR count). The van der Waals surface area contributed by atoms with Crippen LogP contribution in [-0.4, -0.2) is 39.0 Å². The quantitative estimate of drug-likeness (QED) is 0.824. The molecule has 21 heavy (non-hydrogen) atoms. The van der Waals surface area contributed by atoms with Crippen molar-refractivity contribution in [3.63, 3.8) is 0 Å². The fourth-order valence-electron chi connectivity index (χ4n) is 3.52. The van der Waals surface area contributed by atoms with Crippen LogP contribution in [0.5, 0.6) is 0 Å². The van der Waals surface area contributed by atoms with Crippen LogP contribution in [0, 0.1) is 19.8 Å². The number of anilines is 1. The van der Waals surface area contributed by atoms with Crippen molar-refractivity contribution in [2.24, 2.45) is 5.92 Å². The molecular formula is C15H23N3O2S. The Morgan fingerprint density at radius 3 is 2.38 bits per heavy atom. The van der Waals surface area contributed by atoms with E-state index in [9.17, 15) is 8.42 Å². The second-order valence-electron chi connectivity index (χ2n) is 6.31. The minimum absolute atomic E-state index is 0.0109. The van der Waals surface area contributed by atoms with E-state index in [1.54, 1.807) is 6.92 Å². The van der Waals surface area contributed by atoms with Gasteiger partial charge in [-0.2, -0.15) is 0 Å². The lowest BCUT2D eigenvalue weighted by Gasteiger charge is -2.44. The smallest absolute Gasteiger partial charge is 0.243 e. The Bertz CT molecular complexity index is 649. The summed E-state index contributed by atoms with van der Waals surface area (Å²) in [7, 11) is -3.57. The van der Waals surface area contributed by atoms with Crippen molar-refractivity contribution in [2.75, 3.05) is 25.4 Å². The zero-order chi connectivity index (χ0) is 15.2. The average Bonchev–Trinajstić information content (AvgIpc) is 2.44. The van der Waals surface area contributed by atoms with Gasteiger partial charge in [0, 0.05) is 12.6 Å². The maximum Gasteiger partial charge on any atom is 0.243 e. The predicted molar refractivity (Wildman–Crippen MR) is 83.6 cm³/mol. The molecule has 3 aliphatic rings. The summed E-state index contributed by atoms with van der Waals surface area (Å²) < 4.78 is 28.4. The van der Waals surface area contributed by atoms with E-state index in [1.165, 1.54) is 0 Å². The van der Waals surface area contributed by atoms with E-state index in [0.717, 1.165) is 38.0 Å². The van der Waals surface area contributed by atoms with E-state index in [2.05, 4.69) is 9.62 Å². The van der Waals surface area contributed by atoms with Crippen molar-refractivity contribution in [1.29, 1.82) is 0 Å². The van der Waals surface area contributed by atoms with Crippen LogP contribution in [-0.2, 0) is 10.0 Å². The zero-order valence-corrected chi connectivity index (χ0v) is 13.4. The maximum absolute atomic E-state index is 12.8. The molecule has 1 unspecified atom stereocenters. The molecule has 3 N–H and O–H groups in total. The molecule has 0 amide bonds. The van der Waals surface area contributed by atoms with E-state index < -0.39 is 10.0 Å². The molecule has 3 aliphatic heterocycles. The molecule has 3 heterocycles. The molecule has 0 spiro atoms. The highest BCUT2D eigenvalue weighted by molar-refractivity contribution is 7.89. The van der Waals surface area contributed by atoms with Gasteiger partial charge in [-0.05, 0) is 56.8 Å². The van der Waals surface area contributed by atoms with Gasteiger partial charge in [0.1, 0.15) is 4.90 Å². The summed E-state index contributed by atoms with van der Waals surface area (Å²) in [6, 6.07) is 3.69. The molecule has 2 bridgehead atoms. The lowest BCUT2D eigenvalue weighted by Crippen LogP contribution is -2.57. The summed E-state index contributed by atoms with van der Waals surface area (Å²) in [6.45, 7) is 6.63. The third-order valence-corrected chi connectivity index (χ3v) is 6.53. The highest BCUT2D eigenvalue weighted by atomic mass is 32.2. The summed E-state index contributed by atoms with van der Waals surface area (Å²) in [6.07, 6.45) is 2.16. The van der Waals surface area contributed by atoms with E-state index in [1.807, 2.05) is 19.1 Å². The molecule has 0 aromatic heterocycles. The number of aryl methyl sites for hydroxylation is 2. The minimum atomic E-state index is -3.57. The number of piperidine rings is 3. The van der Waals surface area contributed by atoms with Crippen LogP contribution in [0.2, 0.25) is 0 Å². The Morgan fingerprint density at radius 2 is 1.81 bits per heavy atom. The Balaban J connectivity index is 1.90. The van der Waals surface area contributed by atoms with Gasteiger partial charge in [0.15, 0.2) is 0 Å². The zero-order valence-electron chi connectivity index (χ0n) is 12.6. The number of benzene rings is 1. The molecule has 1 aromatic rings. The van der Waals surface area contributed by atoms with E-state index in [0.29, 0.717) is 17.2 Å². The molecule has 1 atom stereocenters. The van der Waals surface area contributed by atoms with Gasteiger partial charge in [0.05, 0.1) is 5.69 Å². The Kier molecular flexibility index (Phi) is 3.71. The van der Waals surface area contributed by atoms with Crippen molar-refractivity contribution in [1.82, 2.24) is 9.62 Å². The number of nitrogens with zero attached hydrogens (tertiary/aromatic N) is 1. The molecule has 0 radical (unpaired) electrons. The van der Waals surface area contributed by atoms with Crippen LogP contribution in [0.4, 0.5) is 5.69 Å². The molecule has 0 saturated carbocycles. The first-order chi connectivity index (χ1) is 9.88. The van der Waals surface area contributed by atoms with Gasteiger partial charge in [-0.3, -0.25) is 0 Å². The minimum Gasteiger partial charge on any atom is -0.397 e. The van der Waals surface area contributed by atoms with Gasteiger partial charge in [-0.1, -0.05) is 12.1 Å². The first kappa shape index (κ1) is 14.8. The number of rotatable bonds is 3. The van der Waals surface area contributed by atoms with Gasteiger partial charge in [-0.25, -0.2) is 13.1 Å². The van der Waals surface area contributed by atoms with Crippen molar-refractivity contribution in [3.05, 3.63) is 23.3 Å². The largest absolute Gasteiger partial charge is 0.397 e. The summed E-state index contributed by atoms with van der Waals surface area (Å²) in [5.41, 5.74) is 7.89. The molecule has 116 valence electrons. The van der Waals surface area contributed by atoms with Crippen molar-refractivity contribution in [2.45, 2.75) is 37.6 Å². The number of hydrogen-bond donors (Lipinski definition) is 2. The predicted octanol–water partition coefficient (Wildman–Crippen LogP) is 1.26. The van der Waals surface area contributed by atoms with E-state index >= 15 is 0 Å². The average molecular weight is 309 g/mol. The first-order valence-electron chi connectivity index (χ1n) is 7.49. The summed E-state index contributed by atoms with van der Waals surface area (Å²) in [4.78, 5) is 2.58. The third-order valence-electron chi connectivity index (χ3n) is 4.84. The summed E-state index contributed by atoms with van der Waals surface area (Å²) in [5, 5.41) is 0. The molecular weight excluding hydrogens is 286 g/mol. The van der Waals surface area contributed by atoms with Crippen LogP contribution in [0.3, 0.4) is 0 Å². The maximum atomic E-state index is 12.8. The van der Waals surface area contributed by atoms with Gasteiger partial charge in [0.25, 0.3) is 0 Å². The van der Waals surface area contributed by atoms with Crippen molar-refractivity contribution >= 4 is 15.7 Å². The van der Waals surface area contributed by atoms with E-state index in [4.69, 9.17) is 5.73 Å². The van der Waals surface area contributed by atoms with Crippen LogP contribution >= 0.6 is 0 Å². The topological polar surface area (TPSA) is 75.4 Å². The summed E-state index contributed by atoms with van der Waals surface area (Å²) >= 11 is 0. The molecule has 6 heteroatoms. The van der Waals surface area contributed by atoms with Crippen LogP contribution in [0.25, 0.3) is 0 Å². The van der Waals surface area contributed by atoms with Crippen molar-refractivity contribution in [3.8, 4) is 0 Å². The Morgan fingerprint density at radius 1 is 1.19 bits per heavy atom. The number of hydrogen-bond acceptors (Lipinski definition) is 4. The van der Waals surface area contributed by atoms with Gasteiger partial charge >= 0.3 is 0 Å². The molecule has 3 fully saturated rings. The number of nitrogens with two attached hydrogens (primary N) is 1. The highest BCUT2D eigenvalue weighted by Crippen LogP contribution is 2.30. The van der Waals surface area contributed by atoms with E-state index in [-0.39, 0.29) is 10.9 Å². The molecule has 1 aromatic carbocycles.